The van der Waals surface area contributed by atoms with Crippen molar-refractivity contribution in [3.63, 3.8) is 0 Å². The van der Waals surface area contributed by atoms with E-state index in [-0.39, 0.29) is 29.8 Å². The summed E-state index contributed by atoms with van der Waals surface area (Å²) in [6.45, 7) is 7.90. The number of nitrogens with one attached hydrogen (secondary N) is 1. The molecule has 0 aliphatic carbocycles. The Labute approximate surface area is 136 Å². The second-order valence-corrected chi connectivity index (χ2v) is 7.00. The van der Waals surface area contributed by atoms with Gasteiger partial charge in [-0.2, -0.15) is 0 Å². The second-order valence-electron chi connectivity index (χ2n) is 6.08. The summed E-state index contributed by atoms with van der Waals surface area (Å²) in [7, 11) is 0. The molecule has 0 saturated carbocycles. The lowest BCUT2D eigenvalue weighted by Crippen LogP contribution is -2.51. The molecule has 0 aliphatic heterocycles. The lowest BCUT2D eigenvalue weighted by molar-refractivity contribution is -0.125. The molecule has 1 amide bonds. The van der Waals surface area contributed by atoms with Crippen LogP contribution in [0.5, 0.6) is 0 Å². The third-order valence-electron chi connectivity index (χ3n) is 3.06. The van der Waals surface area contributed by atoms with Gasteiger partial charge in [-0.1, -0.05) is 48.8 Å². The van der Waals surface area contributed by atoms with Crippen LogP contribution in [0.1, 0.15) is 33.3 Å². The van der Waals surface area contributed by atoms with Crippen LogP contribution in [0.25, 0.3) is 0 Å². The molecule has 0 saturated heterocycles. The molecular formula is C15H24BrClN2O. The summed E-state index contributed by atoms with van der Waals surface area (Å²) in [6, 6.07) is 7.70. The van der Waals surface area contributed by atoms with Crippen LogP contribution < -0.4 is 11.1 Å². The third kappa shape index (κ3) is 6.25. The highest BCUT2D eigenvalue weighted by Gasteiger charge is 2.28. The Hall–Kier alpha value is -0.580. The first-order valence-electron chi connectivity index (χ1n) is 6.50. The molecule has 0 bridgehead atoms. The smallest absolute Gasteiger partial charge is 0.237 e. The van der Waals surface area contributed by atoms with Crippen LogP contribution in [0.2, 0.25) is 0 Å². The molecule has 0 heterocycles. The Morgan fingerprint density at radius 1 is 1.30 bits per heavy atom. The monoisotopic (exact) mass is 362 g/mol. The van der Waals surface area contributed by atoms with Crippen LogP contribution in [-0.2, 0) is 11.2 Å². The lowest BCUT2D eigenvalue weighted by Gasteiger charge is -2.27. The quantitative estimate of drug-likeness (QED) is 0.862. The third-order valence-corrected chi connectivity index (χ3v) is 3.59. The fourth-order valence-corrected chi connectivity index (χ4v) is 2.02. The normalized spacial score (nSPS) is 14.1. The van der Waals surface area contributed by atoms with E-state index < -0.39 is 6.04 Å². The maximum atomic E-state index is 12.0. The molecular weight excluding hydrogens is 340 g/mol. The number of hydrogen-bond donors (Lipinski definition) is 2. The Kier molecular flexibility index (Phi) is 7.78. The zero-order chi connectivity index (χ0) is 14.6. The van der Waals surface area contributed by atoms with Gasteiger partial charge in [0, 0.05) is 10.5 Å². The minimum Gasteiger partial charge on any atom is -0.352 e. The second kappa shape index (κ2) is 8.01. The van der Waals surface area contributed by atoms with Crippen molar-refractivity contribution in [1.29, 1.82) is 0 Å². The minimum atomic E-state index is -0.486. The van der Waals surface area contributed by atoms with E-state index in [9.17, 15) is 4.79 Å². The number of halogens is 2. The summed E-state index contributed by atoms with van der Waals surface area (Å²) in [5, 5.41) is 2.97. The molecule has 2 atom stereocenters. The van der Waals surface area contributed by atoms with Crippen LogP contribution in [0.4, 0.5) is 0 Å². The lowest BCUT2D eigenvalue weighted by atomic mass is 9.87. The van der Waals surface area contributed by atoms with Crippen molar-refractivity contribution in [1.82, 2.24) is 5.32 Å². The predicted octanol–water partition coefficient (Wildman–Crippen LogP) is 3.29. The molecule has 1 rings (SSSR count). The highest BCUT2D eigenvalue weighted by molar-refractivity contribution is 9.10. The summed E-state index contributed by atoms with van der Waals surface area (Å²) in [5.74, 6) is -0.0860. The first kappa shape index (κ1) is 19.4. The standard InChI is InChI=1S/C15H23BrN2O.ClH/c1-10(9-11-5-7-12(16)8-6-11)18-14(19)13(17)15(2,3)4;/h5-8,10,13H,9,17H2,1-4H3,(H,18,19);1H/t10?,13-;/m1./s1. The van der Waals surface area contributed by atoms with Gasteiger partial charge in [-0.3, -0.25) is 4.79 Å². The first-order valence-corrected chi connectivity index (χ1v) is 7.30. The average Bonchev–Trinajstić information content (AvgIpc) is 2.29. The average molecular weight is 364 g/mol. The van der Waals surface area contributed by atoms with Crippen molar-refractivity contribution < 1.29 is 4.79 Å². The van der Waals surface area contributed by atoms with Crippen molar-refractivity contribution in [2.24, 2.45) is 11.1 Å². The van der Waals surface area contributed by atoms with Gasteiger partial charge in [0.25, 0.3) is 0 Å². The fraction of sp³-hybridized carbons (Fsp3) is 0.533. The van der Waals surface area contributed by atoms with Crippen LogP contribution >= 0.6 is 28.3 Å². The highest BCUT2D eigenvalue weighted by atomic mass is 79.9. The van der Waals surface area contributed by atoms with Gasteiger partial charge in [-0.15, -0.1) is 12.4 Å². The zero-order valence-electron chi connectivity index (χ0n) is 12.4. The van der Waals surface area contributed by atoms with Crippen LogP contribution in [0, 0.1) is 5.41 Å². The molecule has 20 heavy (non-hydrogen) atoms. The van der Waals surface area contributed by atoms with E-state index in [2.05, 4.69) is 33.4 Å². The van der Waals surface area contributed by atoms with E-state index in [0.29, 0.717) is 0 Å². The molecule has 0 aliphatic rings. The Bertz CT molecular complexity index is 428. The van der Waals surface area contributed by atoms with Gasteiger partial charge in [-0.05, 0) is 36.5 Å². The molecule has 0 radical (unpaired) electrons. The van der Waals surface area contributed by atoms with E-state index in [1.807, 2.05) is 39.8 Å². The summed E-state index contributed by atoms with van der Waals surface area (Å²) in [5.41, 5.74) is 6.91. The van der Waals surface area contributed by atoms with Crippen molar-refractivity contribution in [3.8, 4) is 0 Å². The van der Waals surface area contributed by atoms with Gasteiger partial charge in [0.05, 0.1) is 6.04 Å². The van der Waals surface area contributed by atoms with Crippen molar-refractivity contribution in [2.45, 2.75) is 46.2 Å². The minimum absolute atomic E-state index is 0. The molecule has 3 nitrogen and oxygen atoms in total. The molecule has 3 N–H and O–H groups in total. The van der Waals surface area contributed by atoms with E-state index in [1.165, 1.54) is 5.56 Å². The number of hydrogen-bond acceptors (Lipinski definition) is 2. The molecule has 1 unspecified atom stereocenters. The van der Waals surface area contributed by atoms with Crippen LogP contribution in [0.3, 0.4) is 0 Å². The largest absolute Gasteiger partial charge is 0.352 e. The van der Waals surface area contributed by atoms with Crippen molar-refractivity contribution in [2.75, 3.05) is 0 Å². The number of carbonyl (C=O) groups is 1. The molecule has 1 aromatic carbocycles. The van der Waals surface area contributed by atoms with Crippen molar-refractivity contribution >= 4 is 34.2 Å². The van der Waals surface area contributed by atoms with Crippen LogP contribution in [-0.4, -0.2) is 18.0 Å². The van der Waals surface area contributed by atoms with Crippen molar-refractivity contribution in [3.05, 3.63) is 34.3 Å². The predicted molar refractivity (Wildman–Crippen MR) is 90.1 cm³/mol. The summed E-state index contributed by atoms with van der Waals surface area (Å²) < 4.78 is 1.06. The van der Waals surface area contributed by atoms with E-state index in [0.717, 1.165) is 10.9 Å². The molecule has 0 spiro atoms. The Balaban J connectivity index is 0.00000361. The maximum absolute atomic E-state index is 12.0. The topological polar surface area (TPSA) is 55.1 Å². The number of rotatable bonds is 4. The van der Waals surface area contributed by atoms with Gasteiger partial charge < -0.3 is 11.1 Å². The van der Waals surface area contributed by atoms with Gasteiger partial charge in [0.1, 0.15) is 0 Å². The summed E-state index contributed by atoms with van der Waals surface area (Å²) in [4.78, 5) is 12.0. The van der Waals surface area contributed by atoms with E-state index in [1.54, 1.807) is 0 Å². The Morgan fingerprint density at radius 2 is 1.80 bits per heavy atom. The number of benzene rings is 1. The molecule has 1 aromatic rings. The molecule has 114 valence electrons. The number of amides is 1. The zero-order valence-corrected chi connectivity index (χ0v) is 14.8. The van der Waals surface area contributed by atoms with Gasteiger partial charge in [0.15, 0.2) is 0 Å². The highest BCUT2D eigenvalue weighted by Crippen LogP contribution is 2.17. The van der Waals surface area contributed by atoms with E-state index >= 15 is 0 Å². The number of carbonyl (C=O) groups excluding carboxylic acids is 1. The Morgan fingerprint density at radius 3 is 2.25 bits per heavy atom. The first-order chi connectivity index (χ1) is 8.70. The fourth-order valence-electron chi connectivity index (χ4n) is 1.75. The molecule has 0 fully saturated rings. The SMILES string of the molecule is CC(Cc1ccc(Br)cc1)NC(=O)[C@@H](N)C(C)(C)C.Cl. The number of nitrogens with two attached hydrogens (primary N) is 1. The summed E-state index contributed by atoms with van der Waals surface area (Å²) >= 11 is 3.41. The van der Waals surface area contributed by atoms with Crippen LogP contribution in [0.15, 0.2) is 28.7 Å². The maximum Gasteiger partial charge on any atom is 0.237 e. The molecule has 0 aromatic heterocycles. The summed E-state index contributed by atoms with van der Waals surface area (Å²) in [6.07, 6.45) is 0.801. The van der Waals surface area contributed by atoms with E-state index in [4.69, 9.17) is 5.73 Å². The molecule has 5 heteroatoms. The van der Waals surface area contributed by atoms with Gasteiger partial charge in [0.2, 0.25) is 5.91 Å². The van der Waals surface area contributed by atoms with Gasteiger partial charge >= 0.3 is 0 Å². The van der Waals surface area contributed by atoms with Gasteiger partial charge in [-0.25, -0.2) is 0 Å².